The molecule has 17 heavy (non-hydrogen) atoms. The Labute approximate surface area is 101 Å². The van der Waals surface area contributed by atoms with Crippen molar-refractivity contribution in [2.45, 2.75) is 25.3 Å². The van der Waals surface area contributed by atoms with Gasteiger partial charge in [-0.3, -0.25) is 4.79 Å². The molecule has 0 fully saturated rings. The number of aliphatic carboxylic acids is 1. The minimum absolute atomic E-state index is 0.160. The average molecular weight is 244 g/mol. The van der Waals surface area contributed by atoms with Gasteiger partial charge in [0.25, 0.3) is 0 Å². The smallest absolute Gasteiger partial charge is 0.409 e. The van der Waals surface area contributed by atoms with E-state index in [9.17, 15) is 9.59 Å². The standard InChI is InChI=1S/C11H20N2O4/c1-4-8-17-10(16)13(3)7-5-6-11(2,12)9(14)15/h4H,1,5-8,12H2,2-3H3,(H,14,15). The van der Waals surface area contributed by atoms with Crippen LogP contribution >= 0.6 is 0 Å². The fourth-order valence-corrected chi connectivity index (χ4v) is 1.12. The van der Waals surface area contributed by atoms with E-state index in [1.165, 1.54) is 17.9 Å². The van der Waals surface area contributed by atoms with Gasteiger partial charge in [-0.25, -0.2) is 4.79 Å². The monoisotopic (exact) mass is 244 g/mol. The molecule has 6 nitrogen and oxygen atoms in total. The van der Waals surface area contributed by atoms with E-state index in [1.54, 1.807) is 7.05 Å². The molecule has 0 aromatic heterocycles. The fraction of sp³-hybridized carbons (Fsp3) is 0.636. The third-order valence-electron chi connectivity index (χ3n) is 2.31. The molecule has 0 aliphatic rings. The molecule has 1 atom stereocenters. The average Bonchev–Trinajstić information content (AvgIpc) is 2.25. The lowest BCUT2D eigenvalue weighted by Gasteiger charge is -2.21. The van der Waals surface area contributed by atoms with Gasteiger partial charge in [-0.15, -0.1) is 0 Å². The first kappa shape index (κ1) is 15.4. The Morgan fingerprint density at radius 2 is 2.18 bits per heavy atom. The van der Waals surface area contributed by atoms with E-state index in [0.717, 1.165) is 0 Å². The number of carboxylic acids is 1. The van der Waals surface area contributed by atoms with Crippen LogP contribution in [0.2, 0.25) is 0 Å². The van der Waals surface area contributed by atoms with Gasteiger partial charge >= 0.3 is 12.1 Å². The van der Waals surface area contributed by atoms with E-state index in [2.05, 4.69) is 6.58 Å². The highest BCUT2D eigenvalue weighted by molar-refractivity contribution is 5.77. The highest BCUT2D eigenvalue weighted by Gasteiger charge is 2.27. The summed E-state index contributed by atoms with van der Waals surface area (Å²) in [7, 11) is 1.58. The van der Waals surface area contributed by atoms with Crippen molar-refractivity contribution in [1.82, 2.24) is 4.90 Å². The fourth-order valence-electron chi connectivity index (χ4n) is 1.12. The van der Waals surface area contributed by atoms with Crippen molar-refractivity contribution in [3.05, 3.63) is 12.7 Å². The largest absolute Gasteiger partial charge is 0.480 e. The molecule has 0 radical (unpaired) electrons. The molecular formula is C11H20N2O4. The van der Waals surface area contributed by atoms with Crippen molar-refractivity contribution in [3.63, 3.8) is 0 Å². The van der Waals surface area contributed by atoms with Crippen LogP contribution in [0.5, 0.6) is 0 Å². The van der Waals surface area contributed by atoms with Crippen LogP contribution in [0, 0.1) is 0 Å². The minimum atomic E-state index is -1.26. The first-order chi connectivity index (χ1) is 7.81. The first-order valence-electron chi connectivity index (χ1n) is 5.32. The van der Waals surface area contributed by atoms with Gasteiger partial charge in [0.05, 0.1) is 0 Å². The normalized spacial score (nSPS) is 13.6. The molecule has 0 aromatic rings. The summed E-state index contributed by atoms with van der Waals surface area (Å²) in [4.78, 5) is 23.4. The predicted octanol–water partition coefficient (Wildman–Crippen LogP) is 0.823. The van der Waals surface area contributed by atoms with Gasteiger partial charge < -0.3 is 20.5 Å². The van der Waals surface area contributed by atoms with Crippen LogP contribution in [0.4, 0.5) is 4.79 Å². The molecule has 0 bridgehead atoms. The number of carbonyl (C=O) groups excluding carboxylic acids is 1. The van der Waals surface area contributed by atoms with Crippen molar-refractivity contribution < 1.29 is 19.4 Å². The number of nitrogens with two attached hydrogens (primary N) is 1. The zero-order valence-electron chi connectivity index (χ0n) is 10.3. The number of rotatable bonds is 7. The quantitative estimate of drug-likeness (QED) is 0.647. The zero-order chi connectivity index (χ0) is 13.5. The van der Waals surface area contributed by atoms with E-state index in [4.69, 9.17) is 15.6 Å². The second kappa shape index (κ2) is 6.90. The summed E-state index contributed by atoms with van der Waals surface area (Å²) in [6.07, 6.45) is 1.81. The van der Waals surface area contributed by atoms with E-state index >= 15 is 0 Å². The third-order valence-corrected chi connectivity index (χ3v) is 2.31. The van der Waals surface area contributed by atoms with Gasteiger partial charge in [0.15, 0.2) is 0 Å². The van der Waals surface area contributed by atoms with E-state index in [0.29, 0.717) is 19.4 Å². The SMILES string of the molecule is C=CCOC(=O)N(C)CCCC(C)(N)C(=O)O. The minimum Gasteiger partial charge on any atom is -0.480 e. The highest BCUT2D eigenvalue weighted by Crippen LogP contribution is 2.09. The Morgan fingerprint density at radius 3 is 2.65 bits per heavy atom. The number of hydrogen-bond donors (Lipinski definition) is 2. The molecule has 0 rings (SSSR count). The number of carboxylic acid groups (broad SMARTS) is 1. The van der Waals surface area contributed by atoms with Gasteiger partial charge in [0, 0.05) is 13.6 Å². The lowest BCUT2D eigenvalue weighted by atomic mass is 9.97. The summed E-state index contributed by atoms with van der Waals surface area (Å²) >= 11 is 0. The van der Waals surface area contributed by atoms with Gasteiger partial charge in [-0.2, -0.15) is 0 Å². The molecular weight excluding hydrogens is 224 g/mol. The van der Waals surface area contributed by atoms with Gasteiger partial charge in [-0.1, -0.05) is 12.7 Å². The molecule has 6 heteroatoms. The van der Waals surface area contributed by atoms with E-state index in [-0.39, 0.29) is 6.61 Å². The van der Waals surface area contributed by atoms with Crippen LogP contribution in [-0.2, 0) is 9.53 Å². The topological polar surface area (TPSA) is 92.9 Å². The molecule has 0 heterocycles. The van der Waals surface area contributed by atoms with Gasteiger partial charge in [0.2, 0.25) is 0 Å². The maximum absolute atomic E-state index is 11.3. The molecule has 0 saturated heterocycles. The summed E-state index contributed by atoms with van der Waals surface area (Å²) in [5, 5.41) is 8.79. The Kier molecular flexibility index (Phi) is 6.27. The number of hydrogen-bond acceptors (Lipinski definition) is 4. The second-order valence-electron chi connectivity index (χ2n) is 4.11. The van der Waals surface area contributed by atoms with Crippen molar-refractivity contribution in [2.24, 2.45) is 5.73 Å². The number of ether oxygens (including phenoxy) is 1. The molecule has 1 amide bonds. The Balaban J connectivity index is 3.92. The summed E-state index contributed by atoms with van der Waals surface area (Å²) < 4.78 is 4.80. The molecule has 0 spiro atoms. The van der Waals surface area contributed by atoms with Crippen LogP contribution in [-0.4, -0.2) is 47.8 Å². The van der Waals surface area contributed by atoms with Crippen LogP contribution in [0.15, 0.2) is 12.7 Å². The van der Waals surface area contributed by atoms with E-state index < -0.39 is 17.6 Å². The van der Waals surface area contributed by atoms with Crippen LogP contribution in [0.1, 0.15) is 19.8 Å². The summed E-state index contributed by atoms with van der Waals surface area (Å²) in [6.45, 7) is 5.44. The van der Waals surface area contributed by atoms with Crippen molar-refractivity contribution >= 4 is 12.1 Å². The maximum atomic E-state index is 11.3. The summed E-state index contributed by atoms with van der Waals surface area (Å²) in [6, 6.07) is 0. The van der Waals surface area contributed by atoms with Crippen molar-refractivity contribution in [1.29, 1.82) is 0 Å². The Hall–Kier alpha value is -1.56. The maximum Gasteiger partial charge on any atom is 0.409 e. The third kappa shape index (κ3) is 5.91. The molecule has 0 aliphatic carbocycles. The highest BCUT2D eigenvalue weighted by atomic mass is 16.6. The molecule has 0 aromatic carbocycles. The van der Waals surface area contributed by atoms with Gasteiger partial charge in [-0.05, 0) is 19.8 Å². The molecule has 98 valence electrons. The first-order valence-corrected chi connectivity index (χ1v) is 5.32. The number of amides is 1. The van der Waals surface area contributed by atoms with Crippen LogP contribution in [0.25, 0.3) is 0 Å². The van der Waals surface area contributed by atoms with Crippen LogP contribution < -0.4 is 5.73 Å². The number of nitrogens with zero attached hydrogens (tertiary/aromatic N) is 1. The summed E-state index contributed by atoms with van der Waals surface area (Å²) in [5.41, 5.74) is 4.30. The van der Waals surface area contributed by atoms with Gasteiger partial charge in [0.1, 0.15) is 12.1 Å². The lowest BCUT2D eigenvalue weighted by Crippen LogP contribution is -2.45. The molecule has 0 aliphatic heterocycles. The Morgan fingerprint density at radius 1 is 1.59 bits per heavy atom. The molecule has 3 N–H and O–H groups in total. The number of carbonyl (C=O) groups is 2. The molecule has 0 saturated carbocycles. The summed E-state index contributed by atoms with van der Waals surface area (Å²) in [5.74, 6) is -1.05. The predicted molar refractivity (Wildman–Crippen MR) is 63.6 cm³/mol. The lowest BCUT2D eigenvalue weighted by molar-refractivity contribution is -0.142. The van der Waals surface area contributed by atoms with Crippen molar-refractivity contribution in [3.8, 4) is 0 Å². The Bertz CT molecular complexity index is 289. The zero-order valence-corrected chi connectivity index (χ0v) is 10.3. The second-order valence-corrected chi connectivity index (χ2v) is 4.11. The molecule has 1 unspecified atom stereocenters. The van der Waals surface area contributed by atoms with E-state index in [1.807, 2.05) is 0 Å². The van der Waals surface area contributed by atoms with Crippen LogP contribution in [0.3, 0.4) is 0 Å². The van der Waals surface area contributed by atoms with Crippen molar-refractivity contribution in [2.75, 3.05) is 20.2 Å².